The van der Waals surface area contributed by atoms with Gasteiger partial charge in [0.25, 0.3) is 0 Å². The van der Waals surface area contributed by atoms with E-state index in [-0.39, 0.29) is 36.4 Å². The van der Waals surface area contributed by atoms with E-state index in [0.717, 1.165) is 36.7 Å². The Hall–Kier alpha value is -2.09. The molecule has 2 aromatic rings. The lowest BCUT2D eigenvalue weighted by Gasteiger charge is -2.22. The van der Waals surface area contributed by atoms with Crippen LogP contribution in [0.5, 0.6) is 0 Å². The topological polar surface area (TPSA) is 56.7 Å². The predicted molar refractivity (Wildman–Crippen MR) is 119 cm³/mol. The highest BCUT2D eigenvalue weighted by molar-refractivity contribution is 14.0. The Morgan fingerprint density at radius 2 is 2.00 bits per heavy atom. The molecule has 1 heterocycles. The molecule has 2 aromatic carbocycles. The van der Waals surface area contributed by atoms with Gasteiger partial charge < -0.3 is 15.5 Å². The number of anilines is 2. The number of nitrogens with zero attached hydrogens (tertiary/aromatic N) is 2. The zero-order valence-corrected chi connectivity index (χ0v) is 17.5. The Balaban J connectivity index is 0.00000243. The van der Waals surface area contributed by atoms with Gasteiger partial charge in [-0.1, -0.05) is 37.3 Å². The summed E-state index contributed by atoms with van der Waals surface area (Å²) in [5, 5.41) is 6.10. The number of aryl methyl sites for hydroxylation is 1. The Labute approximate surface area is 171 Å². The molecule has 1 aliphatic rings. The maximum absolute atomic E-state index is 12.2. The number of guanidine groups is 1. The molecule has 26 heavy (non-hydrogen) atoms. The molecule has 3 rings (SSSR count). The van der Waals surface area contributed by atoms with Gasteiger partial charge in [0, 0.05) is 25.0 Å². The number of para-hydroxylation sites is 1. The molecule has 0 saturated carbocycles. The lowest BCUT2D eigenvalue weighted by molar-refractivity contribution is -0.115. The number of halogens is 1. The summed E-state index contributed by atoms with van der Waals surface area (Å²) in [4.78, 5) is 18.7. The molecule has 0 aromatic heterocycles. The number of amides is 1. The van der Waals surface area contributed by atoms with E-state index < -0.39 is 0 Å². The molecule has 5 nitrogen and oxygen atoms in total. The molecule has 1 amide bonds. The molecule has 0 saturated heterocycles. The number of fused-ring (bicyclic) bond motifs is 1. The first kappa shape index (κ1) is 20.2. The van der Waals surface area contributed by atoms with E-state index in [2.05, 4.69) is 51.7 Å². The zero-order valence-electron chi connectivity index (χ0n) is 15.2. The number of rotatable bonds is 4. The Morgan fingerprint density at radius 3 is 2.77 bits per heavy atom. The SMILES string of the molecule is CCc1cccc(NC(=O)CNC(=NC)N2CCc3ccccc32)c1.I. The molecule has 1 aliphatic heterocycles. The van der Waals surface area contributed by atoms with E-state index in [9.17, 15) is 4.79 Å². The van der Waals surface area contributed by atoms with Crippen molar-refractivity contribution in [2.45, 2.75) is 19.8 Å². The third kappa shape index (κ3) is 4.75. The van der Waals surface area contributed by atoms with Crippen LogP contribution in [0.1, 0.15) is 18.1 Å². The van der Waals surface area contributed by atoms with Crippen LogP contribution >= 0.6 is 24.0 Å². The van der Waals surface area contributed by atoms with Crippen molar-refractivity contribution in [1.29, 1.82) is 0 Å². The molecule has 0 spiro atoms. The van der Waals surface area contributed by atoms with Crippen molar-refractivity contribution in [3.05, 3.63) is 59.7 Å². The molecule has 0 unspecified atom stereocenters. The minimum absolute atomic E-state index is 0. The van der Waals surface area contributed by atoms with Crippen molar-refractivity contribution >= 4 is 47.2 Å². The second-order valence-electron chi connectivity index (χ2n) is 6.03. The number of benzene rings is 2. The summed E-state index contributed by atoms with van der Waals surface area (Å²) in [5.41, 5.74) is 4.50. The van der Waals surface area contributed by atoms with Gasteiger partial charge in [-0.3, -0.25) is 9.79 Å². The Bertz CT molecular complexity index is 791. The van der Waals surface area contributed by atoms with Gasteiger partial charge in [-0.2, -0.15) is 0 Å². The van der Waals surface area contributed by atoms with Gasteiger partial charge >= 0.3 is 0 Å². The van der Waals surface area contributed by atoms with Crippen LogP contribution in [0.2, 0.25) is 0 Å². The number of nitrogens with one attached hydrogen (secondary N) is 2. The van der Waals surface area contributed by atoms with Crippen LogP contribution < -0.4 is 15.5 Å². The normalized spacial score (nSPS) is 13.0. The highest BCUT2D eigenvalue weighted by atomic mass is 127. The lowest BCUT2D eigenvalue weighted by atomic mass is 10.1. The lowest BCUT2D eigenvalue weighted by Crippen LogP contribution is -2.43. The molecule has 0 fully saturated rings. The number of hydrogen-bond donors (Lipinski definition) is 2. The monoisotopic (exact) mass is 464 g/mol. The van der Waals surface area contributed by atoms with Gasteiger partial charge in [0.2, 0.25) is 5.91 Å². The van der Waals surface area contributed by atoms with Gasteiger partial charge in [0.1, 0.15) is 0 Å². The smallest absolute Gasteiger partial charge is 0.243 e. The van der Waals surface area contributed by atoms with Crippen molar-refractivity contribution in [2.24, 2.45) is 4.99 Å². The van der Waals surface area contributed by atoms with E-state index >= 15 is 0 Å². The molecule has 0 atom stereocenters. The van der Waals surface area contributed by atoms with Crippen molar-refractivity contribution in [1.82, 2.24) is 5.32 Å². The molecule has 0 bridgehead atoms. The summed E-state index contributed by atoms with van der Waals surface area (Å²) in [6.07, 6.45) is 1.94. The van der Waals surface area contributed by atoms with Crippen LogP contribution in [-0.4, -0.2) is 32.0 Å². The standard InChI is InChI=1S/C20H24N4O.HI/c1-3-15-7-6-9-17(13-15)23-19(25)14-22-20(21-2)24-12-11-16-8-4-5-10-18(16)24;/h4-10,13H,3,11-12,14H2,1-2H3,(H,21,22)(H,23,25);1H. The van der Waals surface area contributed by atoms with Gasteiger partial charge in [0.15, 0.2) is 5.96 Å². The summed E-state index contributed by atoms with van der Waals surface area (Å²) < 4.78 is 0. The average Bonchev–Trinajstić information content (AvgIpc) is 3.06. The fourth-order valence-corrected chi connectivity index (χ4v) is 3.09. The van der Waals surface area contributed by atoms with Gasteiger partial charge in [-0.05, 0) is 42.2 Å². The minimum atomic E-state index is -0.0816. The third-order valence-electron chi connectivity index (χ3n) is 4.38. The molecule has 0 aliphatic carbocycles. The average molecular weight is 464 g/mol. The molecular formula is C20H25IN4O. The van der Waals surface area contributed by atoms with Crippen molar-refractivity contribution in [3.63, 3.8) is 0 Å². The van der Waals surface area contributed by atoms with Crippen LogP contribution in [0.3, 0.4) is 0 Å². The molecule has 6 heteroatoms. The van der Waals surface area contributed by atoms with Crippen molar-refractivity contribution < 1.29 is 4.79 Å². The molecular weight excluding hydrogens is 439 g/mol. The molecule has 138 valence electrons. The second kappa shape index (κ2) is 9.56. The highest BCUT2D eigenvalue weighted by Gasteiger charge is 2.22. The van der Waals surface area contributed by atoms with Crippen molar-refractivity contribution in [2.75, 3.05) is 30.4 Å². The van der Waals surface area contributed by atoms with Gasteiger partial charge in [0.05, 0.1) is 6.54 Å². The minimum Gasteiger partial charge on any atom is -0.347 e. The first-order valence-corrected chi connectivity index (χ1v) is 8.66. The molecule has 2 N–H and O–H groups in total. The Kier molecular flexibility index (Phi) is 7.44. The summed E-state index contributed by atoms with van der Waals surface area (Å²) in [6, 6.07) is 16.2. The van der Waals surface area contributed by atoms with Crippen LogP contribution in [0, 0.1) is 0 Å². The fourth-order valence-electron chi connectivity index (χ4n) is 3.09. The van der Waals surface area contributed by atoms with Gasteiger partial charge in [-0.15, -0.1) is 24.0 Å². The highest BCUT2D eigenvalue weighted by Crippen LogP contribution is 2.27. The maximum atomic E-state index is 12.2. The molecule has 0 radical (unpaired) electrons. The number of carbonyl (C=O) groups excluding carboxylic acids is 1. The Morgan fingerprint density at radius 1 is 1.19 bits per heavy atom. The van der Waals surface area contributed by atoms with Crippen molar-refractivity contribution in [3.8, 4) is 0 Å². The van der Waals surface area contributed by atoms with Crippen LogP contribution in [-0.2, 0) is 17.6 Å². The number of hydrogen-bond acceptors (Lipinski definition) is 2. The summed E-state index contributed by atoms with van der Waals surface area (Å²) in [5.74, 6) is 0.643. The summed E-state index contributed by atoms with van der Waals surface area (Å²) in [7, 11) is 1.74. The van der Waals surface area contributed by atoms with E-state index in [1.54, 1.807) is 7.05 Å². The number of carbonyl (C=O) groups is 1. The largest absolute Gasteiger partial charge is 0.347 e. The third-order valence-corrected chi connectivity index (χ3v) is 4.38. The van der Waals surface area contributed by atoms with Crippen LogP contribution in [0.4, 0.5) is 11.4 Å². The first-order chi connectivity index (χ1) is 12.2. The quantitative estimate of drug-likeness (QED) is 0.414. The van der Waals surface area contributed by atoms with Crippen LogP contribution in [0.15, 0.2) is 53.5 Å². The second-order valence-corrected chi connectivity index (χ2v) is 6.03. The zero-order chi connectivity index (χ0) is 17.6. The summed E-state index contributed by atoms with van der Waals surface area (Å²) >= 11 is 0. The van der Waals surface area contributed by atoms with E-state index in [4.69, 9.17) is 0 Å². The van der Waals surface area contributed by atoms with E-state index in [1.807, 2.05) is 24.3 Å². The number of aliphatic imine (C=N–C) groups is 1. The summed E-state index contributed by atoms with van der Waals surface area (Å²) in [6.45, 7) is 3.15. The van der Waals surface area contributed by atoms with Crippen LogP contribution in [0.25, 0.3) is 0 Å². The first-order valence-electron chi connectivity index (χ1n) is 8.66. The van der Waals surface area contributed by atoms with E-state index in [1.165, 1.54) is 11.1 Å². The maximum Gasteiger partial charge on any atom is 0.243 e. The van der Waals surface area contributed by atoms with E-state index in [0.29, 0.717) is 0 Å². The van der Waals surface area contributed by atoms with Gasteiger partial charge in [-0.25, -0.2) is 0 Å². The predicted octanol–water partition coefficient (Wildman–Crippen LogP) is 3.44. The fraction of sp³-hybridized carbons (Fsp3) is 0.300.